The summed E-state index contributed by atoms with van der Waals surface area (Å²) >= 11 is 1.64. The van der Waals surface area contributed by atoms with Crippen LogP contribution < -0.4 is 10.2 Å². The van der Waals surface area contributed by atoms with Crippen LogP contribution in [-0.2, 0) is 20.1 Å². The number of nitrogens with one attached hydrogen (secondary N) is 1. The molecule has 0 unspecified atom stereocenters. The van der Waals surface area contributed by atoms with Gasteiger partial charge in [-0.25, -0.2) is 4.98 Å². The number of aryl methyl sites for hydroxylation is 1. The van der Waals surface area contributed by atoms with Gasteiger partial charge in [0, 0.05) is 58.9 Å². The van der Waals surface area contributed by atoms with E-state index >= 15 is 0 Å². The number of hydrogen-bond acceptors (Lipinski definition) is 5. The van der Waals surface area contributed by atoms with Gasteiger partial charge in [0.1, 0.15) is 0 Å². The standard InChI is InChI=1S/C14H23N7S/c1-15-13(20(4)8-11-6-17-21(5)9-11)16-7-12-10-22-14(18-12)19(2)3/h6,9-10H,7-8H2,1-5H3,(H,15,16). The van der Waals surface area contributed by atoms with Gasteiger partial charge in [-0.15, -0.1) is 11.3 Å². The molecule has 120 valence electrons. The Labute approximate surface area is 135 Å². The minimum Gasteiger partial charge on any atom is -0.354 e. The molecule has 0 aliphatic carbocycles. The Bertz CT molecular complexity index is 629. The van der Waals surface area contributed by atoms with Crippen molar-refractivity contribution in [3.63, 3.8) is 0 Å². The summed E-state index contributed by atoms with van der Waals surface area (Å²) in [5.74, 6) is 0.836. The number of nitrogens with zero attached hydrogens (tertiary/aromatic N) is 6. The number of rotatable bonds is 5. The second kappa shape index (κ2) is 7.26. The first kappa shape index (κ1) is 16.3. The average molecular weight is 321 g/mol. The summed E-state index contributed by atoms with van der Waals surface area (Å²) in [7, 11) is 9.71. The Morgan fingerprint density at radius 1 is 1.41 bits per heavy atom. The summed E-state index contributed by atoms with van der Waals surface area (Å²) in [6.45, 7) is 1.42. The summed E-state index contributed by atoms with van der Waals surface area (Å²) < 4.78 is 1.80. The van der Waals surface area contributed by atoms with Gasteiger partial charge in [0.2, 0.25) is 0 Å². The quantitative estimate of drug-likeness (QED) is 0.661. The van der Waals surface area contributed by atoms with Gasteiger partial charge in [-0.05, 0) is 0 Å². The van der Waals surface area contributed by atoms with Crippen LogP contribution in [0.1, 0.15) is 11.3 Å². The van der Waals surface area contributed by atoms with Crippen LogP contribution in [0.2, 0.25) is 0 Å². The molecule has 0 saturated heterocycles. The van der Waals surface area contributed by atoms with Crippen molar-refractivity contribution < 1.29 is 0 Å². The molecule has 0 aromatic carbocycles. The van der Waals surface area contributed by atoms with Gasteiger partial charge in [0.25, 0.3) is 0 Å². The fourth-order valence-corrected chi connectivity index (χ4v) is 2.80. The Kier molecular flexibility index (Phi) is 5.37. The average Bonchev–Trinajstić information content (AvgIpc) is 3.09. The number of aliphatic imine (C=N–C) groups is 1. The zero-order valence-electron chi connectivity index (χ0n) is 13.7. The van der Waals surface area contributed by atoms with Crippen molar-refractivity contribution in [3.05, 3.63) is 29.0 Å². The van der Waals surface area contributed by atoms with Crippen molar-refractivity contribution in [2.75, 3.05) is 33.1 Å². The minimum atomic E-state index is 0.661. The fraction of sp³-hybridized carbons (Fsp3) is 0.500. The number of anilines is 1. The first-order valence-electron chi connectivity index (χ1n) is 7.00. The van der Waals surface area contributed by atoms with E-state index in [2.05, 4.69) is 30.7 Å². The maximum absolute atomic E-state index is 4.56. The number of guanidine groups is 1. The topological polar surface area (TPSA) is 61.6 Å². The smallest absolute Gasteiger partial charge is 0.194 e. The normalized spacial score (nSPS) is 11.6. The molecule has 0 radical (unpaired) electrons. The summed E-state index contributed by atoms with van der Waals surface area (Å²) in [6, 6.07) is 0. The molecule has 0 amide bonds. The lowest BCUT2D eigenvalue weighted by Gasteiger charge is -2.21. The molecule has 2 aromatic rings. The molecular formula is C14H23N7S. The van der Waals surface area contributed by atoms with Crippen LogP contribution in [0.4, 0.5) is 5.13 Å². The largest absolute Gasteiger partial charge is 0.354 e. The van der Waals surface area contributed by atoms with Crippen LogP contribution in [0.5, 0.6) is 0 Å². The molecule has 22 heavy (non-hydrogen) atoms. The molecule has 7 nitrogen and oxygen atoms in total. The molecule has 0 spiro atoms. The Morgan fingerprint density at radius 2 is 2.18 bits per heavy atom. The van der Waals surface area contributed by atoms with Crippen molar-refractivity contribution in [1.29, 1.82) is 0 Å². The van der Waals surface area contributed by atoms with Gasteiger partial charge >= 0.3 is 0 Å². The van der Waals surface area contributed by atoms with E-state index < -0.39 is 0 Å². The lowest BCUT2D eigenvalue weighted by atomic mass is 10.3. The molecule has 2 rings (SSSR count). The van der Waals surface area contributed by atoms with Gasteiger partial charge < -0.3 is 15.1 Å². The molecule has 0 saturated carbocycles. The Morgan fingerprint density at radius 3 is 2.73 bits per heavy atom. The van der Waals surface area contributed by atoms with Crippen molar-refractivity contribution in [3.8, 4) is 0 Å². The van der Waals surface area contributed by atoms with Gasteiger partial charge in [-0.3, -0.25) is 9.67 Å². The second-order valence-electron chi connectivity index (χ2n) is 5.29. The molecule has 2 heterocycles. The maximum Gasteiger partial charge on any atom is 0.194 e. The number of thiazole rings is 1. The van der Waals surface area contributed by atoms with Crippen molar-refractivity contribution in [2.45, 2.75) is 13.1 Å². The highest BCUT2D eigenvalue weighted by atomic mass is 32.1. The predicted molar refractivity (Wildman–Crippen MR) is 91.3 cm³/mol. The van der Waals surface area contributed by atoms with E-state index in [1.54, 1.807) is 23.1 Å². The third kappa shape index (κ3) is 4.20. The van der Waals surface area contributed by atoms with Crippen LogP contribution in [0, 0.1) is 0 Å². The van der Waals surface area contributed by atoms with E-state index in [1.165, 1.54) is 0 Å². The summed E-state index contributed by atoms with van der Waals surface area (Å²) in [4.78, 5) is 13.0. The van der Waals surface area contributed by atoms with Gasteiger partial charge in [0.05, 0.1) is 18.4 Å². The van der Waals surface area contributed by atoms with Gasteiger partial charge in [0.15, 0.2) is 11.1 Å². The summed E-state index contributed by atoms with van der Waals surface area (Å²) in [6.07, 6.45) is 3.88. The molecule has 0 fully saturated rings. The van der Waals surface area contributed by atoms with Crippen LogP contribution in [-0.4, -0.2) is 53.8 Å². The highest BCUT2D eigenvalue weighted by Crippen LogP contribution is 2.17. The van der Waals surface area contributed by atoms with E-state index in [4.69, 9.17) is 0 Å². The molecule has 1 N–H and O–H groups in total. The minimum absolute atomic E-state index is 0.661. The zero-order valence-corrected chi connectivity index (χ0v) is 14.6. The van der Waals surface area contributed by atoms with E-state index in [0.717, 1.165) is 28.9 Å². The second-order valence-corrected chi connectivity index (χ2v) is 6.13. The van der Waals surface area contributed by atoms with Gasteiger partial charge in [-0.1, -0.05) is 0 Å². The monoisotopic (exact) mass is 321 g/mol. The third-order valence-corrected chi connectivity index (χ3v) is 4.16. The van der Waals surface area contributed by atoms with Crippen molar-refractivity contribution in [1.82, 2.24) is 25.0 Å². The molecule has 2 aromatic heterocycles. The van der Waals surface area contributed by atoms with Gasteiger partial charge in [-0.2, -0.15) is 5.10 Å². The van der Waals surface area contributed by atoms with E-state index in [9.17, 15) is 0 Å². The molecule has 0 aliphatic rings. The molecular weight excluding hydrogens is 298 g/mol. The van der Waals surface area contributed by atoms with Crippen molar-refractivity contribution in [2.24, 2.45) is 12.0 Å². The third-order valence-electron chi connectivity index (χ3n) is 3.10. The SMILES string of the molecule is CN=C(NCc1csc(N(C)C)n1)N(C)Cc1cnn(C)c1. The summed E-state index contributed by atoms with van der Waals surface area (Å²) in [5, 5.41) is 10.6. The van der Waals surface area contributed by atoms with E-state index in [0.29, 0.717) is 6.54 Å². The number of hydrogen-bond donors (Lipinski definition) is 1. The molecule has 0 aliphatic heterocycles. The highest BCUT2D eigenvalue weighted by molar-refractivity contribution is 7.13. The zero-order chi connectivity index (χ0) is 16.1. The van der Waals surface area contributed by atoms with Crippen molar-refractivity contribution >= 4 is 22.4 Å². The van der Waals surface area contributed by atoms with Crippen LogP contribution in [0.25, 0.3) is 0 Å². The first-order chi connectivity index (χ1) is 10.5. The lowest BCUT2D eigenvalue weighted by molar-refractivity contribution is 0.476. The Balaban J connectivity index is 1.91. The van der Waals surface area contributed by atoms with Crippen LogP contribution >= 0.6 is 11.3 Å². The van der Waals surface area contributed by atoms with Crippen LogP contribution in [0.3, 0.4) is 0 Å². The predicted octanol–water partition coefficient (Wildman–Crippen LogP) is 1.15. The fourth-order valence-electron chi connectivity index (χ4n) is 2.04. The van der Waals surface area contributed by atoms with E-state index in [1.807, 2.05) is 45.5 Å². The molecule has 0 bridgehead atoms. The Hall–Kier alpha value is -2.09. The van der Waals surface area contributed by atoms with Crippen LogP contribution in [0.15, 0.2) is 22.8 Å². The number of aromatic nitrogens is 3. The van der Waals surface area contributed by atoms with E-state index in [-0.39, 0.29) is 0 Å². The molecule has 0 atom stereocenters. The maximum atomic E-state index is 4.56. The summed E-state index contributed by atoms with van der Waals surface area (Å²) in [5.41, 5.74) is 2.17. The lowest BCUT2D eigenvalue weighted by Crippen LogP contribution is -2.38. The molecule has 8 heteroatoms. The first-order valence-corrected chi connectivity index (χ1v) is 7.88. The highest BCUT2D eigenvalue weighted by Gasteiger charge is 2.09.